The second kappa shape index (κ2) is 3.38. The maximum absolute atomic E-state index is 9.97. The lowest BCUT2D eigenvalue weighted by Gasteiger charge is -2.50. The van der Waals surface area contributed by atoms with Gasteiger partial charge in [-0.2, -0.15) is 0 Å². The first kappa shape index (κ1) is 11.3. The van der Waals surface area contributed by atoms with Crippen LogP contribution in [0, 0.1) is 0 Å². The van der Waals surface area contributed by atoms with Crippen molar-refractivity contribution in [3.63, 3.8) is 0 Å². The summed E-state index contributed by atoms with van der Waals surface area (Å²) in [4.78, 5) is 0. The van der Waals surface area contributed by atoms with Gasteiger partial charge in [0.05, 0.1) is 6.61 Å². The molecule has 3 N–H and O–H groups in total. The van der Waals surface area contributed by atoms with Crippen molar-refractivity contribution < 1.29 is 29.5 Å². The van der Waals surface area contributed by atoms with E-state index in [1.165, 1.54) is 0 Å². The zero-order chi connectivity index (χ0) is 11.3. The van der Waals surface area contributed by atoms with Crippen LogP contribution >= 0.6 is 0 Å². The Morgan fingerprint density at radius 1 is 1.20 bits per heavy atom. The molecule has 0 bridgehead atoms. The lowest BCUT2D eigenvalue weighted by molar-refractivity contribution is -0.429. The Hall–Kier alpha value is -0.240. The van der Waals surface area contributed by atoms with Crippen LogP contribution in [-0.4, -0.2) is 58.4 Å². The number of fused-ring (bicyclic) bond motifs is 1. The molecule has 15 heavy (non-hydrogen) atoms. The standard InChI is InChI=1S/C9H16O6/c1-8(2)14-4-9(12)7(15-8)6(11)5(10)3-13-9/h5-7,10-12H,3-4H2,1-2H3/t5-,6+,7-,9?/m0/s1. The molecule has 0 aromatic heterocycles. The molecule has 2 rings (SSSR count). The molecule has 1 unspecified atom stereocenters. The summed E-state index contributed by atoms with van der Waals surface area (Å²) >= 11 is 0. The van der Waals surface area contributed by atoms with Gasteiger partial charge < -0.3 is 29.5 Å². The minimum atomic E-state index is -1.67. The van der Waals surface area contributed by atoms with Gasteiger partial charge in [-0.05, 0) is 13.8 Å². The van der Waals surface area contributed by atoms with E-state index in [1.54, 1.807) is 13.8 Å². The average Bonchev–Trinajstić information content (AvgIpc) is 2.16. The third kappa shape index (κ3) is 1.89. The highest BCUT2D eigenvalue weighted by Gasteiger charge is 2.55. The summed E-state index contributed by atoms with van der Waals surface area (Å²) in [5.74, 6) is -2.58. The number of aliphatic hydroxyl groups is 3. The third-order valence-corrected chi connectivity index (χ3v) is 2.69. The summed E-state index contributed by atoms with van der Waals surface area (Å²) in [5.41, 5.74) is 0. The highest BCUT2D eigenvalue weighted by Crippen LogP contribution is 2.35. The Labute approximate surface area is 87.4 Å². The predicted octanol–water partition coefficient (Wildman–Crippen LogP) is -1.42. The molecule has 2 fully saturated rings. The van der Waals surface area contributed by atoms with Crippen LogP contribution in [0.15, 0.2) is 0 Å². The second-order valence-corrected chi connectivity index (χ2v) is 4.44. The monoisotopic (exact) mass is 220 g/mol. The summed E-state index contributed by atoms with van der Waals surface area (Å²) in [6.45, 7) is 3.11. The summed E-state index contributed by atoms with van der Waals surface area (Å²) in [7, 11) is 0. The molecule has 0 aromatic carbocycles. The molecule has 0 aromatic rings. The summed E-state index contributed by atoms with van der Waals surface area (Å²) in [5, 5.41) is 29.1. The Balaban J connectivity index is 2.20. The molecule has 2 heterocycles. The van der Waals surface area contributed by atoms with E-state index in [0.29, 0.717) is 0 Å². The van der Waals surface area contributed by atoms with E-state index in [-0.39, 0.29) is 13.2 Å². The fourth-order valence-corrected chi connectivity index (χ4v) is 1.78. The van der Waals surface area contributed by atoms with E-state index in [1.807, 2.05) is 0 Å². The topological polar surface area (TPSA) is 88.4 Å². The minimum absolute atomic E-state index is 0.0888. The molecule has 0 amide bonds. The van der Waals surface area contributed by atoms with Crippen molar-refractivity contribution in [1.82, 2.24) is 0 Å². The van der Waals surface area contributed by atoms with Gasteiger partial charge in [0, 0.05) is 0 Å². The minimum Gasteiger partial charge on any atom is -0.388 e. The maximum atomic E-state index is 9.97. The third-order valence-electron chi connectivity index (χ3n) is 2.69. The first-order valence-electron chi connectivity index (χ1n) is 4.88. The van der Waals surface area contributed by atoms with Gasteiger partial charge in [-0.25, -0.2) is 0 Å². The molecule has 6 nitrogen and oxygen atoms in total. The van der Waals surface area contributed by atoms with Gasteiger partial charge in [-0.3, -0.25) is 0 Å². The van der Waals surface area contributed by atoms with E-state index in [2.05, 4.69) is 0 Å². The SMILES string of the molecule is CC1(C)OCC2(O)OC[C@H](O)[C@@H](O)[C@@H]2O1. The largest absolute Gasteiger partial charge is 0.388 e. The van der Waals surface area contributed by atoms with Gasteiger partial charge in [-0.15, -0.1) is 0 Å². The number of rotatable bonds is 0. The number of hydrogen-bond acceptors (Lipinski definition) is 6. The van der Waals surface area contributed by atoms with Crippen LogP contribution < -0.4 is 0 Å². The number of hydrogen-bond donors (Lipinski definition) is 3. The number of ether oxygens (including phenoxy) is 3. The zero-order valence-corrected chi connectivity index (χ0v) is 8.71. The lowest BCUT2D eigenvalue weighted by Crippen LogP contribution is -2.68. The summed E-state index contributed by atoms with van der Waals surface area (Å²) in [6.07, 6.45) is -3.22. The van der Waals surface area contributed by atoms with Crippen molar-refractivity contribution in [2.45, 2.75) is 43.7 Å². The van der Waals surface area contributed by atoms with E-state index < -0.39 is 29.9 Å². The Bertz CT molecular complexity index is 255. The first-order chi connectivity index (χ1) is 6.84. The molecular weight excluding hydrogens is 204 g/mol. The Kier molecular flexibility index (Phi) is 2.53. The fraction of sp³-hybridized carbons (Fsp3) is 1.00. The van der Waals surface area contributed by atoms with Crippen molar-refractivity contribution in [2.75, 3.05) is 13.2 Å². The Morgan fingerprint density at radius 3 is 2.53 bits per heavy atom. The lowest BCUT2D eigenvalue weighted by atomic mass is 9.95. The molecular formula is C9H16O6. The second-order valence-electron chi connectivity index (χ2n) is 4.44. The normalized spacial score (nSPS) is 49.8. The molecule has 6 heteroatoms. The van der Waals surface area contributed by atoms with Gasteiger partial charge in [0.25, 0.3) is 0 Å². The van der Waals surface area contributed by atoms with E-state index in [9.17, 15) is 15.3 Å². The fourth-order valence-electron chi connectivity index (χ4n) is 1.78. The van der Waals surface area contributed by atoms with Gasteiger partial charge in [0.1, 0.15) is 24.9 Å². The van der Waals surface area contributed by atoms with Crippen molar-refractivity contribution in [3.8, 4) is 0 Å². The highest BCUT2D eigenvalue weighted by atomic mass is 16.8. The molecule has 2 aliphatic heterocycles. The molecule has 2 saturated heterocycles. The van der Waals surface area contributed by atoms with Gasteiger partial charge in [-0.1, -0.05) is 0 Å². The molecule has 4 atom stereocenters. The van der Waals surface area contributed by atoms with E-state index in [4.69, 9.17) is 14.2 Å². The van der Waals surface area contributed by atoms with Crippen LogP contribution in [0.5, 0.6) is 0 Å². The first-order valence-corrected chi connectivity index (χ1v) is 4.88. The average molecular weight is 220 g/mol. The van der Waals surface area contributed by atoms with Crippen molar-refractivity contribution >= 4 is 0 Å². The van der Waals surface area contributed by atoms with Crippen LogP contribution in [-0.2, 0) is 14.2 Å². The smallest absolute Gasteiger partial charge is 0.219 e. The molecule has 0 saturated carbocycles. The zero-order valence-electron chi connectivity index (χ0n) is 8.71. The molecule has 88 valence electrons. The van der Waals surface area contributed by atoms with Crippen LogP contribution in [0.4, 0.5) is 0 Å². The Morgan fingerprint density at radius 2 is 1.87 bits per heavy atom. The molecule has 0 aliphatic carbocycles. The molecule has 0 radical (unpaired) electrons. The van der Waals surface area contributed by atoms with Crippen LogP contribution in [0.1, 0.15) is 13.8 Å². The highest BCUT2D eigenvalue weighted by molar-refractivity contribution is 4.95. The maximum Gasteiger partial charge on any atom is 0.219 e. The van der Waals surface area contributed by atoms with Crippen molar-refractivity contribution in [1.29, 1.82) is 0 Å². The summed E-state index contributed by atoms with van der Waals surface area (Å²) < 4.78 is 15.6. The van der Waals surface area contributed by atoms with Crippen LogP contribution in [0.2, 0.25) is 0 Å². The number of aliphatic hydroxyl groups excluding tert-OH is 2. The summed E-state index contributed by atoms with van der Waals surface area (Å²) in [6, 6.07) is 0. The molecule has 2 aliphatic rings. The quantitative estimate of drug-likeness (QED) is 0.464. The molecule has 0 spiro atoms. The van der Waals surface area contributed by atoms with E-state index >= 15 is 0 Å². The van der Waals surface area contributed by atoms with Gasteiger partial charge in [0.2, 0.25) is 5.79 Å². The van der Waals surface area contributed by atoms with Crippen LogP contribution in [0.25, 0.3) is 0 Å². The van der Waals surface area contributed by atoms with Crippen molar-refractivity contribution in [2.24, 2.45) is 0 Å². The van der Waals surface area contributed by atoms with E-state index in [0.717, 1.165) is 0 Å². The van der Waals surface area contributed by atoms with Crippen molar-refractivity contribution in [3.05, 3.63) is 0 Å². The van der Waals surface area contributed by atoms with Crippen LogP contribution in [0.3, 0.4) is 0 Å². The van der Waals surface area contributed by atoms with Gasteiger partial charge in [0.15, 0.2) is 5.79 Å². The predicted molar refractivity (Wildman–Crippen MR) is 47.8 cm³/mol. The van der Waals surface area contributed by atoms with Gasteiger partial charge >= 0.3 is 0 Å².